The molecule has 0 unspecified atom stereocenters. The van der Waals surface area contributed by atoms with E-state index < -0.39 is 0 Å². The average molecular weight is 258 g/mol. The minimum absolute atomic E-state index is 0.112. The standard InChI is InChI=1S/C13H10N2O2S/c1-17-9-4-2-3-8(7-9)11-14-12(16)10-5-6-18-13(10)15-11/h2-7H,1H3,(H,14,15,16). The molecule has 4 nitrogen and oxygen atoms in total. The lowest BCUT2D eigenvalue weighted by molar-refractivity contribution is 0.415. The predicted octanol–water partition coefficient (Wildman–Crippen LogP) is 2.66. The molecule has 18 heavy (non-hydrogen) atoms. The Bertz CT molecular complexity index is 761. The van der Waals surface area contributed by atoms with Crippen molar-refractivity contribution >= 4 is 21.6 Å². The van der Waals surface area contributed by atoms with Crippen LogP contribution in [0.15, 0.2) is 40.5 Å². The average Bonchev–Trinajstić information content (AvgIpc) is 2.87. The normalized spacial score (nSPS) is 10.7. The summed E-state index contributed by atoms with van der Waals surface area (Å²) in [5, 5.41) is 2.49. The second-order valence-corrected chi connectivity index (χ2v) is 4.68. The first-order chi connectivity index (χ1) is 8.78. The van der Waals surface area contributed by atoms with Gasteiger partial charge in [0.2, 0.25) is 0 Å². The van der Waals surface area contributed by atoms with Gasteiger partial charge in [0.15, 0.2) is 0 Å². The van der Waals surface area contributed by atoms with E-state index in [9.17, 15) is 4.79 Å². The highest BCUT2D eigenvalue weighted by atomic mass is 32.1. The Kier molecular flexibility index (Phi) is 2.60. The van der Waals surface area contributed by atoms with Crippen molar-refractivity contribution in [3.8, 4) is 17.1 Å². The SMILES string of the molecule is COc1cccc(-c2nc3sccc3c(=O)[nH]2)c1. The zero-order valence-corrected chi connectivity index (χ0v) is 10.5. The monoisotopic (exact) mass is 258 g/mol. The number of benzene rings is 1. The van der Waals surface area contributed by atoms with Crippen LogP contribution in [0.3, 0.4) is 0 Å². The lowest BCUT2D eigenvalue weighted by atomic mass is 10.2. The first kappa shape index (κ1) is 11.0. The van der Waals surface area contributed by atoms with Crippen LogP contribution in [0.4, 0.5) is 0 Å². The molecule has 1 aromatic carbocycles. The van der Waals surface area contributed by atoms with Crippen LogP contribution in [0.5, 0.6) is 5.75 Å². The molecule has 0 bridgehead atoms. The van der Waals surface area contributed by atoms with Crippen LogP contribution in [0, 0.1) is 0 Å². The summed E-state index contributed by atoms with van der Waals surface area (Å²) in [5.41, 5.74) is 0.723. The van der Waals surface area contributed by atoms with Crippen molar-refractivity contribution in [1.82, 2.24) is 9.97 Å². The number of methoxy groups -OCH3 is 1. The maximum Gasteiger partial charge on any atom is 0.259 e. The Balaban J connectivity index is 2.21. The molecule has 0 saturated carbocycles. The van der Waals surface area contributed by atoms with Crippen LogP contribution in [-0.2, 0) is 0 Å². The molecule has 1 N–H and O–H groups in total. The van der Waals surface area contributed by atoms with Gasteiger partial charge in [-0.2, -0.15) is 0 Å². The molecule has 2 heterocycles. The molecule has 0 fully saturated rings. The van der Waals surface area contributed by atoms with Crippen LogP contribution in [0.2, 0.25) is 0 Å². The molecule has 2 aromatic heterocycles. The number of hydrogen-bond donors (Lipinski definition) is 1. The van der Waals surface area contributed by atoms with E-state index in [1.807, 2.05) is 29.6 Å². The Hall–Kier alpha value is -2.14. The number of H-pyrrole nitrogens is 1. The molecule has 0 aliphatic rings. The van der Waals surface area contributed by atoms with Crippen molar-refractivity contribution in [3.63, 3.8) is 0 Å². The van der Waals surface area contributed by atoms with Crippen LogP contribution >= 0.6 is 11.3 Å². The summed E-state index contributed by atoms with van der Waals surface area (Å²) in [6.45, 7) is 0. The van der Waals surface area contributed by atoms with Crippen LogP contribution < -0.4 is 10.3 Å². The third-order valence-electron chi connectivity index (χ3n) is 2.68. The van der Waals surface area contributed by atoms with Crippen molar-refractivity contribution in [2.45, 2.75) is 0 Å². The van der Waals surface area contributed by atoms with E-state index in [1.165, 1.54) is 11.3 Å². The Morgan fingerprint density at radius 1 is 1.33 bits per heavy atom. The van der Waals surface area contributed by atoms with Gasteiger partial charge in [0, 0.05) is 5.56 Å². The molecule has 0 spiro atoms. The molecular weight excluding hydrogens is 248 g/mol. The summed E-state index contributed by atoms with van der Waals surface area (Å²) in [5.74, 6) is 1.30. The van der Waals surface area contributed by atoms with Gasteiger partial charge in [-0.15, -0.1) is 11.3 Å². The summed E-state index contributed by atoms with van der Waals surface area (Å²) in [6.07, 6.45) is 0. The molecular formula is C13H10N2O2S. The quantitative estimate of drug-likeness (QED) is 0.768. The van der Waals surface area contributed by atoms with Crippen molar-refractivity contribution < 1.29 is 4.74 Å². The summed E-state index contributed by atoms with van der Waals surface area (Å²) < 4.78 is 5.16. The number of thiophene rings is 1. The molecule has 0 saturated heterocycles. The van der Waals surface area contributed by atoms with E-state index in [2.05, 4.69) is 9.97 Å². The zero-order chi connectivity index (χ0) is 12.5. The van der Waals surface area contributed by atoms with Gasteiger partial charge in [-0.3, -0.25) is 4.79 Å². The molecule has 0 aliphatic heterocycles. The smallest absolute Gasteiger partial charge is 0.259 e. The van der Waals surface area contributed by atoms with Crippen molar-refractivity contribution in [2.24, 2.45) is 0 Å². The van der Waals surface area contributed by atoms with E-state index in [0.29, 0.717) is 11.2 Å². The van der Waals surface area contributed by atoms with Gasteiger partial charge in [0.1, 0.15) is 16.4 Å². The van der Waals surface area contributed by atoms with Gasteiger partial charge < -0.3 is 9.72 Å². The van der Waals surface area contributed by atoms with E-state index in [1.54, 1.807) is 13.2 Å². The Morgan fingerprint density at radius 3 is 3.06 bits per heavy atom. The fraction of sp³-hybridized carbons (Fsp3) is 0.0769. The topological polar surface area (TPSA) is 55.0 Å². The highest BCUT2D eigenvalue weighted by molar-refractivity contribution is 7.16. The Morgan fingerprint density at radius 2 is 2.22 bits per heavy atom. The van der Waals surface area contributed by atoms with Crippen molar-refractivity contribution in [2.75, 3.05) is 7.11 Å². The maximum absolute atomic E-state index is 11.9. The largest absolute Gasteiger partial charge is 0.497 e. The van der Waals surface area contributed by atoms with E-state index in [4.69, 9.17) is 4.74 Å². The summed E-state index contributed by atoms with van der Waals surface area (Å²) in [6, 6.07) is 9.23. The highest BCUT2D eigenvalue weighted by Gasteiger charge is 2.07. The predicted molar refractivity (Wildman–Crippen MR) is 72.2 cm³/mol. The number of aromatic nitrogens is 2. The first-order valence-corrected chi connectivity index (χ1v) is 6.28. The number of rotatable bonds is 2. The number of hydrogen-bond acceptors (Lipinski definition) is 4. The van der Waals surface area contributed by atoms with Gasteiger partial charge in [-0.25, -0.2) is 4.98 Å². The molecule has 0 radical (unpaired) electrons. The van der Waals surface area contributed by atoms with Crippen molar-refractivity contribution in [1.29, 1.82) is 0 Å². The minimum Gasteiger partial charge on any atom is -0.497 e. The lowest BCUT2D eigenvalue weighted by Gasteiger charge is -2.03. The van der Waals surface area contributed by atoms with Crippen molar-refractivity contribution in [3.05, 3.63) is 46.1 Å². The van der Waals surface area contributed by atoms with E-state index in [-0.39, 0.29) is 5.56 Å². The fourth-order valence-electron chi connectivity index (χ4n) is 1.77. The number of fused-ring (bicyclic) bond motifs is 1. The molecule has 3 rings (SSSR count). The first-order valence-electron chi connectivity index (χ1n) is 5.40. The molecule has 3 aromatic rings. The van der Waals surface area contributed by atoms with Gasteiger partial charge in [-0.05, 0) is 23.6 Å². The maximum atomic E-state index is 11.9. The van der Waals surface area contributed by atoms with Gasteiger partial charge >= 0.3 is 0 Å². The van der Waals surface area contributed by atoms with Crippen LogP contribution in [0.1, 0.15) is 0 Å². The molecule has 5 heteroatoms. The van der Waals surface area contributed by atoms with Gasteiger partial charge in [-0.1, -0.05) is 12.1 Å². The number of ether oxygens (including phenoxy) is 1. The third kappa shape index (κ3) is 1.78. The molecule has 90 valence electrons. The Labute approximate surface area is 107 Å². The molecule has 0 aliphatic carbocycles. The fourth-order valence-corrected chi connectivity index (χ4v) is 2.54. The number of nitrogens with zero attached hydrogens (tertiary/aromatic N) is 1. The second-order valence-electron chi connectivity index (χ2n) is 3.79. The third-order valence-corrected chi connectivity index (χ3v) is 3.48. The number of nitrogens with one attached hydrogen (secondary N) is 1. The van der Waals surface area contributed by atoms with Gasteiger partial charge in [0.25, 0.3) is 5.56 Å². The zero-order valence-electron chi connectivity index (χ0n) is 9.64. The molecule has 0 atom stereocenters. The van der Waals surface area contributed by atoms with Crippen LogP contribution in [-0.4, -0.2) is 17.1 Å². The van der Waals surface area contributed by atoms with E-state index >= 15 is 0 Å². The summed E-state index contributed by atoms with van der Waals surface area (Å²) >= 11 is 1.46. The highest BCUT2D eigenvalue weighted by Crippen LogP contribution is 2.22. The van der Waals surface area contributed by atoms with E-state index in [0.717, 1.165) is 16.1 Å². The molecule has 0 amide bonds. The summed E-state index contributed by atoms with van der Waals surface area (Å²) in [7, 11) is 1.61. The summed E-state index contributed by atoms with van der Waals surface area (Å²) in [4.78, 5) is 19.9. The van der Waals surface area contributed by atoms with Gasteiger partial charge in [0.05, 0.1) is 12.5 Å². The second kappa shape index (κ2) is 4.27. The minimum atomic E-state index is -0.112. The lowest BCUT2D eigenvalue weighted by Crippen LogP contribution is -2.07. The number of aromatic amines is 1. The van der Waals surface area contributed by atoms with Crippen LogP contribution in [0.25, 0.3) is 21.6 Å².